The monoisotopic (exact) mass is 429 g/mol. The summed E-state index contributed by atoms with van der Waals surface area (Å²) in [6, 6.07) is 0. The number of allylic oxidation sites excluding steroid dienone is 4. The van der Waals surface area contributed by atoms with Crippen molar-refractivity contribution in [3.63, 3.8) is 0 Å². The van der Waals surface area contributed by atoms with Crippen LogP contribution in [0.3, 0.4) is 0 Å². The van der Waals surface area contributed by atoms with Gasteiger partial charge in [-0.3, -0.25) is 10.0 Å². The third-order valence-corrected chi connectivity index (χ3v) is 5.08. The standard InChI is InChI=1S/C19H32BrN3O3/c1-3-7-16(15(2)20)8-6-9-17(24)19-21-14-22-23(19)11-13-26-18-10-4-5-12-25-18/h3,7,17-18,22,24H,4-6,8-14H2,1-2H3/b7-3-,16-15-. The number of hydrazine groups is 1. The number of amidine groups is 1. The minimum Gasteiger partial charge on any atom is -0.385 e. The van der Waals surface area contributed by atoms with E-state index in [1.165, 1.54) is 5.57 Å². The van der Waals surface area contributed by atoms with Crippen molar-refractivity contribution in [2.75, 3.05) is 26.4 Å². The fraction of sp³-hybridized carbons (Fsp3) is 0.737. The molecule has 2 rings (SSSR count). The van der Waals surface area contributed by atoms with Gasteiger partial charge in [0.2, 0.25) is 0 Å². The van der Waals surface area contributed by atoms with Gasteiger partial charge in [0.25, 0.3) is 0 Å². The van der Waals surface area contributed by atoms with Crippen molar-refractivity contribution >= 4 is 21.8 Å². The van der Waals surface area contributed by atoms with Crippen molar-refractivity contribution in [2.24, 2.45) is 4.99 Å². The Morgan fingerprint density at radius 3 is 3.08 bits per heavy atom. The second-order valence-corrected chi connectivity index (χ2v) is 7.81. The third-order valence-electron chi connectivity index (χ3n) is 4.57. The molecule has 2 aliphatic rings. The van der Waals surface area contributed by atoms with E-state index in [-0.39, 0.29) is 6.29 Å². The summed E-state index contributed by atoms with van der Waals surface area (Å²) in [6.07, 6.45) is 9.29. The van der Waals surface area contributed by atoms with E-state index in [1.54, 1.807) is 0 Å². The van der Waals surface area contributed by atoms with E-state index in [9.17, 15) is 5.11 Å². The van der Waals surface area contributed by atoms with Crippen LogP contribution in [0, 0.1) is 0 Å². The summed E-state index contributed by atoms with van der Waals surface area (Å²) in [5.74, 6) is 0.713. The number of hydrogen-bond acceptors (Lipinski definition) is 6. The molecule has 1 saturated heterocycles. The van der Waals surface area contributed by atoms with Gasteiger partial charge in [0.1, 0.15) is 18.6 Å². The van der Waals surface area contributed by atoms with Crippen LogP contribution in [0.5, 0.6) is 0 Å². The Morgan fingerprint density at radius 2 is 2.38 bits per heavy atom. The maximum Gasteiger partial charge on any atom is 0.157 e. The highest BCUT2D eigenvalue weighted by atomic mass is 79.9. The highest BCUT2D eigenvalue weighted by molar-refractivity contribution is 9.11. The largest absolute Gasteiger partial charge is 0.385 e. The van der Waals surface area contributed by atoms with Gasteiger partial charge in [-0.25, -0.2) is 5.43 Å². The second kappa shape index (κ2) is 11.9. The molecule has 148 valence electrons. The molecule has 2 N–H and O–H groups in total. The van der Waals surface area contributed by atoms with E-state index >= 15 is 0 Å². The maximum atomic E-state index is 10.5. The van der Waals surface area contributed by atoms with Crippen LogP contribution < -0.4 is 5.43 Å². The Morgan fingerprint density at radius 1 is 1.54 bits per heavy atom. The first kappa shape index (κ1) is 21.6. The van der Waals surface area contributed by atoms with Crippen LogP contribution in [0.25, 0.3) is 0 Å². The molecule has 0 saturated carbocycles. The van der Waals surface area contributed by atoms with Gasteiger partial charge in [-0.15, -0.1) is 0 Å². The van der Waals surface area contributed by atoms with Gasteiger partial charge in [0.05, 0.1) is 13.2 Å². The number of rotatable bonds is 10. The molecule has 0 radical (unpaired) electrons. The molecular weight excluding hydrogens is 398 g/mol. The van der Waals surface area contributed by atoms with E-state index in [4.69, 9.17) is 9.47 Å². The van der Waals surface area contributed by atoms with Gasteiger partial charge >= 0.3 is 0 Å². The quantitative estimate of drug-likeness (QED) is 0.520. The highest BCUT2D eigenvalue weighted by Crippen LogP contribution is 2.20. The van der Waals surface area contributed by atoms with Crippen LogP contribution in [0.1, 0.15) is 52.4 Å². The van der Waals surface area contributed by atoms with E-state index in [2.05, 4.69) is 39.3 Å². The number of aliphatic hydroxyl groups is 1. The summed E-state index contributed by atoms with van der Waals surface area (Å²) in [5, 5.41) is 12.4. The molecule has 0 spiro atoms. The average Bonchev–Trinajstić information content (AvgIpc) is 3.10. The summed E-state index contributed by atoms with van der Waals surface area (Å²) < 4.78 is 12.5. The molecule has 6 nitrogen and oxygen atoms in total. The minimum atomic E-state index is -0.557. The van der Waals surface area contributed by atoms with E-state index < -0.39 is 6.10 Å². The predicted octanol–water partition coefficient (Wildman–Crippen LogP) is 3.48. The lowest BCUT2D eigenvalue weighted by molar-refractivity contribution is -0.163. The summed E-state index contributed by atoms with van der Waals surface area (Å²) in [4.78, 5) is 4.41. The van der Waals surface area contributed by atoms with Crippen LogP contribution in [-0.2, 0) is 9.47 Å². The first-order valence-electron chi connectivity index (χ1n) is 9.56. The number of aliphatic imine (C=N–C) groups is 1. The van der Waals surface area contributed by atoms with Crippen LogP contribution in [0.15, 0.2) is 27.2 Å². The van der Waals surface area contributed by atoms with Crippen molar-refractivity contribution in [3.05, 3.63) is 22.2 Å². The van der Waals surface area contributed by atoms with Crippen molar-refractivity contribution < 1.29 is 14.6 Å². The van der Waals surface area contributed by atoms with Crippen molar-refractivity contribution in [1.29, 1.82) is 0 Å². The summed E-state index contributed by atoms with van der Waals surface area (Å²) in [6.45, 7) is 6.57. The van der Waals surface area contributed by atoms with Gasteiger partial charge in [-0.05, 0) is 62.4 Å². The lowest BCUT2D eigenvalue weighted by atomic mass is 10.0. The van der Waals surface area contributed by atoms with E-state index in [0.717, 1.165) is 43.2 Å². The summed E-state index contributed by atoms with van der Waals surface area (Å²) in [5.41, 5.74) is 4.45. The minimum absolute atomic E-state index is 0.0824. The number of ether oxygens (including phenoxy) is 2. The van der Waals surface area contributed by atoms with Crippen LogP contribution in [0.2, 0.25) is 0 Å². The van der Waals surface area contributed by atoms with Crippen LogP contribution in [0.4, 0.5) is 0 Å². The van der Waals surface area contributed by atoms with Gasteiger partial charge in [0.15, 0.2) is 6.29 Å². The normalized spacial score (nSPS) is 23.3. The zero-order chi connectivity index (χ0) is 18.8. The molecule has 1 fully saturated rings. The summed E-state index contributed by atoms with van der Waals surface area (Å²) in [7, 11) is 0. The molecule has 2 aliphatic heterocycles. The van der Waals surface area contributed by atoms with Crippen molar-refractivity contribution in [3.8, 4) is 0 Å². The number of nitrogens with one attached hydrogen (secondary N) is 1. The van der Waals surface area contributed by atoms with E-state index in [1.807, 2.05) is 18.0 Å². The Hall–Kier alpha value is -0.730. The number of nitrogens with zero attached hydrogens (tertiary/aromatic N) is 2. The molecule has 2 unspecified atom stereocenters. The fourth-order valence-corrected chi connectivity index (χ4v) is 3.48. The van der Waals surface area contributed by atoms with Crippen molar-refractivity contribution in [2.45, 2.75) is 64.8 Å². The topological polar surface area (TPSA) is 66.3 Å². The lowest BCUT2D eigenvalue weighted by Crippen LogP contribution is -2.44. The fourth-order valence-electron chi connectivity index (χ4n) is 3.15. The SMILES string of the molecule is C/C=C\C(CCCC(O)C1=NCNN1CCOC1CCCCO1)=C(/C)Br. The molecule has 0 amide bonds. The molecule has 0 aromatic heterocycles. The van der Waals surface area contributed by atoms with Gasteiger partial charge in [0, 0.05) is 6.61 Å². The highest BCUT2D eigenvalue weighted by Gasteiger charge is 2.24. The average molecular weight is 430 g/mol. The first-order valence-corrected chi connectivity index (χ1v) is 10.4. The van der Waals surface area contributed by atoms with Gasteiger partial charge in [-0.2, -0.15) is 0 Å². The molecule has 26 heavy (non-hydrogen) atoms. The molecule has 0 aliphatic carbocycles. The van der Waals surface area contributed by atoms with E-state index in [0.29, 0.717) is 32.1 Å². The van der Waals surface area contributed by atoms with Gasteiger partial charge < -0.3 is 14.6 Å². The third kappa shape index (κ3) is 7.12. The Kier molecular flexibility index (Phi) is 9.85. The zero-order valence-corrected chi connectivity index (χ0v) is 17.5. The Bertz CT molecular complexity index is 512. The second-order valence-electron chi connectivity index (χ2n) is 6.62. The molecule has 2 atom stereocenters. The lowest BCUT2D eigenvalue weighted by Gasteiger charge is -2.26. The molecule has 0 bridgehead atoms. The van der Waals surface area contributed by atoms with Crippen LogP contribution >= 0.6 is 15.9 Å². The maximum absolute atomic E-state index is 10.5. The smallest absolute Gasteiger partial charge is 0.157 e. The Balaban J connectivity index is 1.71. The molecule has 2 heterocycles. The molecule has 0 aromatic rings. The molecule has 7 heteroatoms. The van der Waals surface area contributed by atoms with Crippen molar-refractivity contribution in [1.82, 2.24) is 10.4 Å². The first-order chi connectivity index (χ1) is 12.6. The molecular formula is C19H32BrN3O3. The zero-order valence-electron chi connectivity index (χ0n) is 15.9. The summed E-state index contributed by atoms with van der Waals surface area (Å²) >= 11 is 3.55. The predicted molar refractivity (Wildman–Crippen MR) is 108 cm³/mol. The number of halogens is 1. The number of aliphatic hydroxyl groups excluding tert-OH is 1. The molecule has 0 aromatic carbocycles. The van der Waals surface area contributed by atoms with Gasteiger partial charge in [-0.1, -0.05) is 28.1 Å². The number of hydrogen-bond donors (Lipinski definition) is 2. The van der Waals surface area contributed by atoms with Crippen LogP contribution in [-0.4, -0.2) is 54.8 Å². The Labute approximate surface area is 165 Å².